The molecule has 1 rings (SSSR count). The van der Waals surface area contributed by atoms with Crippen LogP contribution in [0.3, 0.4) is 0 Å². The van der Waals surface area contributed by atoms with E-state index in [0.717, 1.165) is 24.3 Å². The van der Waals surface area contributed by atoms with Crippen LogP contribution in [0.4, 0.5) is 0 Å². The molecule has 1 heterocycles. The highest BCUT2D eigenvalue weighted by Crippen LogP contribution is 2.24. The number of carboxylic acid groups (broad SMARTS) is 1. The molecule has 1 saturated heterocycles. The van der Waals surface area contributed by atoms with Gasteiger partial charge >= 0.3 is 5.97 Å². The maximum absolute atomic E-state index is 12.0. The van der Waals surface area contributed by atoms with Crippen LogP contribution in [0, 0.1) is 5.92 Å². The molecule has 0 aliphatic carbocycles. The van der Waals surface area contributed by atoms with E-state index in [1.807, 2.05) is 25.6 Å². The molecular weight excluding hydrogens is 238 g/mol. The minimum absolute atomic E-state index is 0.0840. The van der Waals surface area contributed by atoms with E-state index in [0.29, 0.717) is 6.42 Å². The van der Waals surface area contributed by atoms with E-state index < -0.39 is 11.5 Å². The molecule has 1 aliphatic rings. The third-order valence-electron chi connectivity index (χ3n) is 3.02. The van der Waals surface area contributed by atoms with Crippen LogP contribution in [-0.2, 0) is 9.59 Å². The average Bonchev–Trinajstić information content (AvgIpc) is 2.27. The van der Waals surface area contributed by atoms with Crippen molar-refractivity contribution in [2.75, 3.05) is 11.5 Å². The highest BCUT2D eigenvalue weighted by Gasteiger charge is 2.27. The number of thioether (sulfide) groups is 1. The molecular formula is C12H21NO3S. The van der Waals surface area contributed by atoms with Gasteiger partial charge in [-0.3, -0.25) is 9.59 Å². The van der Waals surface area contributed by atoms with Gasteiger partial charge in [0.25, 0.3) is 0 Å². The zero-order chi connectivity index (χ0) is 12.9. The Morgan fingerprint density at radius 1 is 1.35 bits per heavy atom. The van der Waals surface area contributed by atoms with Crippen molar-refractivity contribution in [3.63, 3.8) is 0 Å². The molecule has 98 valence electrons. The molecule has 0 aromatic heterocycles. The highest BCUT2D eigenvalue weighted by atomic mass is 32.2. The Kier molecular flexibility index (Phi) is 5.31. The molecule has 1 amide bonds. The van der Waals surface area contributed by atoms with Crippen LogP contribution in [0.15, 0.2) is 0 Å². The van der Waals surface area contributed by atoms with Crippen LogP contribution >= 0.6 is 11.8 Å². The summed E-state index contributed by atoms with van der Waals surface area (Å²) in [6.07, 6.45) is 2.43. The monoisotopic (exact) mass is 259 g/mol. The molecule has 0 atom stereocenters. The van der Waals surface area contributed by atoms with Crippen molar-refractivity contribution in [3.05, 3.63) is 0 Å². The lowest BCUT2D eigenvalue weighted by atomic mass is 9.95. The van der Waals surface area contributed by atoms with Crippen LogP contribution in [0.2, 0.25) is 0 Å². The first-order valence-corrected chi connectivity index (χ1v) is 7.18. The topological polar surface area (TPSA) is 66.4 Å². The third kappa shape index (κ3) is 5.44. The van der Waals surface area contributed by atoms with Gasteiger partial charge in [0.05, 0.1) is 0 Å². The summed E-state index contributed by atoms with van der Waals surface area (Å²) in [6.45, 7) is 3.76. The Hall–Kier alpha value is -0.710. The van der Waals surface area contributed by atoms with Crippen LogP contribution < -0.4 is 5.32 Å². The van der Waals surface area contributed by atoms with Crippen molar-refractivity contribution < 1.29 is 14.7 Å². The van der Waals surface area contributed by atoms with Gasteiger partial charge in [-0.05, 0) is 44.6 Å². The minimum Gasteiger partial charge on any atom is -0.481 e. The molecule has 4 nitrogen and oxygen atoms in total. The molecule has 0 saturated carbocycles. The first kappa shape index (κ1) is 14.4. The molecule has 17 heavy (non-hydrogen) atoms. The van der Waals surface area contributed by atoms with Gasteiger partial charge < -0.3 is 10.4 Å². The lowest BCUT2D eigenvalue weighted by Crippen LogP contribution is -2.47. The van der Waals surface area contributed by atoms with E-state index in [1.165, 1.54) is 0 Å². The fourth-order valence-electron chi connectivity index (χ4n) is 1.88. The Balaban J connectivity index is 2.39. The second-order valence-corrected chi connectivity index (χ2v) is 6.38. The van der Waals surface area contributed by atoms with Crippen molar-refractivity contribution >= 4 is 23.6 Å². The zero-order valence-corrected chi connectivity index (χ0v) is 11.3. The zero-order valence-electron chi connectivity index (χ0n) is 10.5. The van der Waals surface area contributed by atoms with Gasteiger partial charge in [0.15, 0.2) is 0 Å². The largest absolute Gasteiger partial charge is 0.481 e. The lowest BCUT2D eigenvalue weighted by Gasteiger charge is -2.29. The SMILES string of the molecule is CC(C)(CCC(=O)O)NC(=O)C1CCSCC1. The lowest BCUT2D eigenvalue weighted by molar-refractivity contribution is -0.138. The summed E-state index contributed by atoms with van der Waals surface area (Å²) in [5, 5.41) is 11.6. The standard InChI is InChI=1S/C12H21NO3S/c1-12(2,6-3-10(14)15)13-11(16)9-4-7-17-8-5-9/h9H,3-8H2,1-2H3,(H,13,16)(H,14,15). The Labute approximate surface area is 107 Å². The second-order valence-electron chi connectivity index (χ2n) is 5.15. The number of hydrogen-bond acceptors (Lipinski definition) is 3. The number of rotatable bonds is 5. The van der Waals surface area contributed by atoms with E-state index in [-0.39, 0.29) is 18.2 Å². The van der Waals surface area contributed by atoms with Gasteiger partial charge in [0.1, 0.15) is 0 Å². The highest BCUT2D eigenvalue weighted by molar-refractivity contribution is 7.99. The van der Waals surface area contributed by atoms with Crippen molar-refractivity contribution in [2.24, 2.45) is 5.92 Å². The van der Waals surface area contributed by atoms with Gasteiger partial charge in [-0.25, -0.2) is 0 Å². The van der Waals surface area contributed by atoms with Gasteiger partial charge in [0, 0.05) is 17.9 Å². The second kappa shape index (κ2) is 6.28. The number of carbonyl (C=O) groups is 2. The number of carbonyl (C=O) groups excluding carboxylic acids is 1. The fraction of sp³-hybridized carbons (Fsp3) is 0.833. The van der Waals surface area contributed by atoms with Gasteiger partial charge in [-0.2, -0.15) is 11.8 Å². The van der Waals surface area contributed by atoms with E-state index in [4.69, 9.17) is 5.11 Å². The molecule has 0 aromatic carbocycles. The van der Waals surface area contributed by atoms with Crippen molar-refractivity contribution in [1.82, 2.24) is 5.32 Å². The number of aliphatic carboxylic acids is 1. The molecule has 0 aromatic rings. The summed E-state index contributed by atoms with van der Waals surface area (Å²) < 4.78 is 0. The third-order valence-corrected chi connectivity index (χ3v) is 4.07. The summed E-state index contributed by atoms with van der Waals surface area (Å²) >= 11 is 1.89. The smallest absolute Gasteiger partial charge is 0.303 e. The molecule has 0 unspecified atom stereocenters. The van der Waals surface area contributed by atoms with Crippen LogP contribution in [-0.4, -0.2) is 34.0 Å². The van der Waals surface area contributed by atoms with Gasteiger partial charge in [-0.15, -0.1) is 0 Å². The van der Waals surface area contributed by atoms with E-state index in [1.54, 1.807) is 0 Å². The minimum atomic E-state index is -0.818. The first-order chi connectivity index (χ1) is 7.91. The predicted octanol–water partition coefficient (Wildman–Crippen LogP) is 1.89. The van der Waals surface area contributed by atoms with Crippen molar-refractivity contribution in [3.8, 4) is 0 Å². The molecule has 0 radical (unpaired) electrons. The molecule has 2 N–H and O–H groups in total. The summed E-state index contributed by atoms with van der Waals surface area (Å²) in [5.41, 5.74) is -0.430. The van der Waals surface area contributed by atoms with E-state index >= 15 is 0 Å². The summed E-state index contributed by atoms with van der Waals surface area (Å²) in [4.78, 5) is 22.5. The molecule has 1 aliphatic heterocycles. The Bertz CT molecular complexity index is 285. The molecule has 1 fully saturated rings. The first-order valence-electron chi connectivity index (χ1n) is 6.02. The fourth-order valence-corrected chi connectivity index (χ4v) is 2.98. The van der Waals surface area contributed by atoms with Crippen LogP contribution in [0.25, 0.3) is 0 Å². The number of nitrogens with one attached hydrogen (secondary N) is 1. The van der Waals surface area contributed by atoms with E-state index in [9.17, 15) is 9.59 Å². The van der Waals surface area contributed by atoms with Gasteiger partial charge in [0.2, 0.25) is 5.91 Å². The Morgan fingerprint density at radius 3 is 2.47 bits per heavy atom. The Morgan fingerprint density at radius 2 is 1.94 bits per heavy atom. The van der Waals surface area contributed by atoms with E-state index in [2.05, 4.69) is 5.32 Å². The van der Waals surface area contributed by atoms with Crippen LogP contribution in [0.1, 0.15) is 39.5 Å². The average molecular weight is 259 g/mol. The quantitative estimate of drug-likeness (QED) is 0.791. The normalized spacial score (nSPS) is 17.8. The van der Waals surface area contributed by atoms with Crippen molar-refractivity contribution in [2.45, 2.75) is 45.1 Å². The predicted molar refractivity (Wildman–Crippen MR) is 69.1 cm³/mol. The molecule has 0 bridgehead atoms. The van der Waals surface area contributed by atoms with Crippen LogP contribution in [0.5, 0.6) is 0 Å². The molecule has 0 spiro atoms. The number of carboxylic acids is 1. The summed E-state index contributed by atoms with van der Waals surface area (Å²) in [6, 6.07) is 0. The maximum atomic E-state index is 12.0. The number of amides is 1. The summed E-state index contributed by atoms with van der Waals surface area (Å²) in [7, 11) is 0. The van der Waals surface area contributed by atoms with Gasteiger partial charge in [-0.1, -0.05) is 0 Å². The molecule has 5 heteroatoms. The maximum Gasteiger partial charge on any atom is 0.303 e. The van der Waals surface area contributed by atoms with Crippen molar-refractivity contribution in [1.29, 1.82) is 0 Å². The summed E-state index contributed by atoms with van der Waals surface area (Å²) in [5.74, 6) is 1.48. The number of hydrogen-bond donors (Lipinski definition) is 2.